The molecule has 0 saturated carbocycles. The van der Waals surface area contributed by atoms with Crippen molar-refractivity contribution >= 4 is 34.7 Å². The van der Waals surface area contributed by atoms with Crippen molar-refractivity contribution in [2.45, 2.75) is 6.92 Å². The largest absolute Gasteiger partial charge is 0.351 e. The van der Waals surface area contributed by atoms with E-state index >= 15 is 0 Å². The second-order valence-electron chi connectivity index (χ2n) is 2.69. The maximum atomic E-state index is 8.52. The van der Waals surface area contributed by atoms with Crippen LogP contribution in [0.25, 0.3) is 4.85 Å². The zero-order valence-electron chi connectivity index (χ0n) is 7.75. The Morgan fingerprint density at radius 2 is 2.00 bits per heavy atom. The van der Waals surface area contributed by atoms with Crippen LogP contribution in [0.1, 0.15) is 5.56 Å². The Bertz CT molecular complexity index is 467. The molecule has 0 saturated heterocycles. The fourth-order valence-corrected chi connectivity index (χ4v) is 1.37. The Morgan fingerprint density at radius 1 is 1.47 bits per heavy atom. The molecule has 0 aliphatic carbocycles. The second kappa shape index (κ2) is 4.79. The molecule has 0 radical (unpaired) electrons. The van der Waals surface area contributed by atoms with E-state index in [-0.39, 0.29) is 5.84 Å². The molecule has 0 spiro atoms. The van der Waals surface area contributed by atoms with Gasteiger partial charge in [0.15, 0.2) is 5.69 Å². The lowest BCUT2D eigenvalue weighted by Gasteiger charge is -1.99. The molecule has 74 valence electrons. The van der Waals surface area contributed by atoms with Gasteiger partial charge >= 0.3 is 5.84 Å². The van der Waals surface area contributed by atoms with Crippen LogP contribution in [-0.4, -0.2) is 5.84 Å². The highest BCUT2D eigenvalue weighted by molar-refractivity contribution is 6.36. The zero-order valence-corrected chi connectivity index (χ0v) is 9.26. The Kier molecular flexibility index (Phi) is 3.68. The lowest BCUT2D eigenvalue weighted by atomic mass is 10.2. The fraction of sp³-hybridized carbons (Fsp3) is 0.100. The number of nitriles is 1. The summed E-state index contributed by atoms with van der Waals surface area (Å²) in [6, 6.07) is 4.79. The lowest BCUT2D eigenvalue weighted by Crippen LogP contribution is -1.84. The van der Waals surface area contributed by atoms with Crippen molar-refractivity contribution in [2.24, 2.45) is 4.99 Å². The topological polar surface area (TPSA) is 40.5 Å². The molecule has 5 heteroatoms. The van der Waals surface area contributed by atoms with Crippen molar-refractivity contribution in [1.82, 2.24) is 0 Å². The molecule has 0 aliphatic heterocycles. The molecule has 3 nitrogen and oxygen atoms in total. The van der Waals surface area contributed by atoms with Crippen LogP contribution in [0.5, 0.6) is 0 Å². The van der Waals surface area contributed by atoms with Gasteiger partial charge in [-0.25, -0.2) is 5.26 Å². The van der Waals surface area contributed by atoms with Crippen LogP contribution in [-0.2, 0) is 0 Å². The summed E-state index contributed by atoms with van der Waals surface area (Å²) in [5.41, 5.74) is 1.15. The number of hydrogen-bond acceptors (Lipinski definition) is 2. The van der Waals surface area contributed by atoms with Crippen molar-refractivity contribution in [3.8, 4) is 6.07 Å². The summed E-state index contributed by atoms with van der Waals surface area (Å²) in [5.74, 6) is -0.244. The zero-order chi connectivity index (χ0) is 11.4. The summed E-state index contributed by atoms with van der Waals surface area (Å²) in [6.07, 6.45) is 0. The predicted octanol–water partition coefficient (Wildman–Crippen LogP) is 3.77. The predicted molar refractivity (Wildman–Crippen MR) is 60.5 cm³/mol. The van der Waals surface area contributed by atoms with Gasteiger partial charge in [0.05, 0.1) is 0 Å². The molecule has 1 aromatic rings. The molecule has 0 amide bonds. The Morgan fingerprint density at radius 3 is 2.40 bits per heavy atom. The molecular weight excluding hydrogens is 233 g/mol. The van der Waals surface area contributed by atoms with Crippen LogP contribution in [0.15, 0.2) is 17.1 Å². The van der Waals surface area contributed by atoms with Crippen LogP contribution in [0.2, 0.25) is 10.0 Å². The van der Waals surface area contributed by atoms with Gasteiger partial charge in [0.2, 0.25) is 0 Å². The van der Waals surface area contributed by atoms with Gasteiger partial charge in [-0.3, -0.25) is 0 Å². The first-order valence-electron chi connectivity index (χ1n) is 3.90. The number of amidine groups is 1. The van der Waals surface area contributed by atoms with E-state index in [0.717, 1.165) is 5.56 Å². The monoisotopic (exact) mass is 237 g/mol. The third-order valence-corrected chi connectivity index (χ3v) is 2.49. The van der Waals surface area contributed by atoms with Crippen molar-refractivity contribution in [1.29, 1.82) is 5.26 Å². The van der Waals surface area contributed by atoms with Gasteiger partial charge in [0, 0.05) is 22.2 Å². The first-order valence-corrected chi connectivity index (χ1v) is 4.66. The van der Waals surface area contributed by atoms with Crippen LogP contribution < -0.4 is 0 Å². The van der Waals surface area contributed by atoms with Crippen LogP contribution in [0.4, 0.5) is 5.69 Å². The van der Waals surface area contributed by atoms with E-state index in [4.69, 9.17) is 35.0 Å². The fourth-order valence-electron chi connectivity index (χ4n) is 0.894. The molecule has 1 rings (SSSR count). The van der Waals surface area contributed by atoms with Gasteiger partial charge < -0.3 is 4.85 Å². The molecule has 0 aliphatic rings. The third-order valence-electron chi connectivity index (χ3n) is 1.71. The molecule has 0 fully saturated rings. The van der Waals surface area contributed by atoms with E-state index in [9.17, 15) is 0 Å². The van der Waals surface area contributed by atoms with E-state index in [0.29, 0.717) is 15.7 Å². The number of aliphatic imine (C=N–C) groups is 1. The minimum atomic E-state index is -0.244. The van der Waals surface area contributed by atoms with Crippen LogP contribution in [0, 0.1) is 24.8 Å². The average molecular weight is 238 g/mol. The van der Waals surface area contributed by atoms with E-state index in [1.807, 2.05) is 0 Å². The number of rotatable bonds is 1. The second-order valence-corrected chi connectivity index (χ2v) is 3.51. The van der Waals surface area contributed by atoms with Gasteiger partial charge in [-0.05, 0) is 12.5 Å². The first kappa shape index (κ1) is 11.5. The summed E-state index contributed by atoms with van der Waals surface area (Å²) >= 11 is 11.7. The highest BCUT2D eigenvalue weighted by Crippen LogP contribution is 2.29. The average Bonchev–Trinajstić information content (AvgIpc) is 2.22. The third kappa shape index (κ3) is 2.70. The Hall–Kier alpha value is -1.55. The highest BCUT2D eigenvalue weighted by atomic mass is 35.5. The molecule has 0 aromatic heterocycles. The molecule has 0 bridgehead atoms. The Balaban J connectivity index is 3.26. The number of benzene rings is 1. The van der Waals surface area contributed by atoms with E-state index in [2.05, 4.69) is 9.84 Å². The van der Waals surface area contributed by atoms with E-state index < -0.39 is 0 Å². The van der Waals surface area contributed by atoms with Crippen molar-refractivity contribution < 1.29 is 0 Å². The normalized spacial score (nSPS) is 10.6. The summed E-state index contributed by atoms with van der Waals surface area (Å²) in [4.78, 5) is 6.73. The molecule has 1 aromatic carbocycles. The lowest BCUT2D eigenvalue weighted by molar-refractivity contribution is 1.43. The molecule has 0 heterocycles. The van der Waals surface area contributed by atoms with Crippen LogP contribution in [0.3, 0.4) is 0 Å². The molecular formula is C10H5Cl2N3. The number of nitrogens with zero attached hydrogens (tertiary/aromatic N) is 3. The van der Waals surface area contributed by atoms with Crippen LogP contribution >= 0.6 is 23.2 Å². The van der Waals surface area contributed by atoms with Crippen molar-refractivity contribution in [2.75, 3.05) is 0 Å². The number of halogens is 2. The van der Waals surface area contributed by atoms with E-state index in [1.165, 1.54) is 0 Å². The van der Waals surface area contributed by atoms with Gasteiger partial charge in [0.1, 0.15) is 6.07 Å². The summed E-state index contributed by atoms with van der Waals surface area (Å²) in [7, 11) is 0. The summed E-state index contributed by atoms with van der Waals surface area (Å²) in [5, 5.41) is 9.44. The van der Waals surface area contributed by atoms with Gasteiger partial charge in [-0.2, -0.15) is 0 Å². The van der Waals surface area contributed by atoms with Gasteiger partial charge in [-0.1, -0.05) is 29.8 Å². The maximum absolute atomic E-state index is 8.52. The van der Waals surface area contributed by atoms with Gasteiger partial charge in [-0.15, -0.1) is 4.99 Å². The quantitative estimate of drug-likeness (QED) is 0.417. The molecule has 0 unspecified atom stereocenters. The summed E-state index contributed by atoms with van der Waals surface area (Å²) < 4.78 is 0. The minimum absolute atomic E-state index is 0.244. The maximum Gasteiger partial charge on any atom is 0.349 e. The highest BCUT2D eigenvalue weighted by Gasteiger charge is 2.06. The Labute approximate surface area is 97.4 Å². The first-order chi connectivity index (χ1) is 7.08. The van der Waals surface area contributed by atoms with Crippen molar-refractivity contribution in [3.05, 3.63) is 39.2 Å². The van der Waals surface area contributed by atoms with E-state index in [1.54, 1.807) is 25.1 Å². The molecule has 0 atom stereocenters. The summed E-state index contributed by atoms with van der Waals surface area (Å²) in [6.45, 7) is 8.44. The SMILES string of the molecule is [C-]#[N+]C(C#N)=Nc1cc(Cl)c(C)c(Cl)c1. The molecule has 15 heavy (non-hydrogen) atoms. The number of hydrogen-bond donors (Lipinski definition) is 0. The standard InChI is InChI=1S/C10H5Cl2N3/c1-6-8(11)3-7(4-9(6)12)15-10(5-13)14-2/h3-4H,1H3. The molecule has 0 N–H and O–H groups in total. The minimum Gasteiger partial charge on any atom is -0.351 e. The van der Waals surface area contributed by atoms with Crippen molar-refractivity contribution in [3.63, 3.8) is 0 Å². The van der Waals surface area contributed by atoms with Gasteiger partial charge in [0.25, 0.3) is 0 Å². The smallest absolute Gasteiger partial charge is 0.349 e.